The molecule has 1 nitrogen and oxygen atoms in total. The summed E-state index contributed by atoms with van der Waals surface area (Å²) < 4.78 is -1.11. The third-order valence-electron chi connectivity index (χ3n) is 1.03. The van der Waals surface area contributed by atoms with Crippen molar-refractivity contribution in [3.8, 4) is 0 Å². The van der Waals surface area contributed by atoms with Gasteiger partial charge in [0.15, 0.2) is 3.67 Å². The molecule has 0 saturated heterocycles. The Morgan fingerprint density at radius 2 is 1.80 bits per heavy atom. The normalized spacial score (nSPS) is 11.5. The number of alkyl halides is 2. The number of hydrogen-bond acceptors (Lipinski definition) is 2. The van der Waals surface area contributed by atoms with E-state index in [2.05, 4.69) is 17.6 Å². The van der Waals surface area contributed by atoms with Gasteiger partial charge >= 0.3 is 0 Å². The largest absolute Gasteiger partial charge is 0.265 e. The molecule has 0 N–H and O–H groups in total. The molecule has 0 aliphatic heterocycles. The molecule has 0 saturated carbocycles. The highest BCUT2D eigenvalue weighted by Gasteiger charge is 2.19. The summed E-state index contributed by atoms with van der Waals surface area (Å²) in [5.74, 6) is 0. The van der Waals surface area contributed by atoms with E-state index in [1.165, 1.54) is 0 Å². The van der Waals surface area contributed by atoms with E-state index in [0.29, 0.717) is 0 Å². The molecule has 0 aromatic carbocycles. The van der Waals surface area contributed by atoms with Crippen LogP contribution in [0, 0.1) is 0 Å². The van der Waals surface area contributed by atoms with Gasteiger partial charge in [-0.05, 0) is 12.1 Å². The molecule has 1 aromatic heterocycles. The summed E-state index contributed by atoms with van der Waals surface area (Å²) in [6, 6.07) is 3.43. The molecule has 0 amide bonds. The standard InChI is InChI=1S/C6H5Cl2NS/c7-6(8,10)5-1-3-9-4-2-5/h1-4,10H. The van der Waals surface area contributed by atoms with Crippen molar-refractivity contribution in [2.24, 2.45) is 0 Å². The van der Waals surface area contributed by atoms with E-state index in [0.717, 1.165) is 5.56 Å². The molecular weight excluding hydrogens is 189 g/mol. The predicted molar refractivity (Wildman–Crippen MR) is 46.6 cm³/mol. The van der Waals surface area contributed by atoms with Gasteiger partial charge in [-0.25, -0.2) is 0 Å². The first-order valence-corrected chi connectivity index (χ1v) is 3.82. The van der Waals surface area contributed by atoms with E-state index in [4.69, 9.17) is 23.2 Å². The molecule has 0 spiro atoms. The molecule has 1 rings (SSSR count). The molecule has 0 radical (unpaired) electrons. The number of pyridine rings is 1. The number of hydrogen-bond donors (Lipinski definition) is 1. The summed E-state index contributed by atoms with van der Waals surface area (Å²) >= 11 is 15.3. The first kappa shape index (κ1) is 8.18. The summed E-state index contributed by atoms with van der Waals surface area (Å²) in [6.45, 7) is 0. The Balaban J connectivity index is 2.97. The summed E-state index contributed by atoms with van der Waals surface area (Å²) in [7, 11) is 0. The SMILES string of the molecule is SC(Cl)(Cl)c1ccncc1. The molecule has 0 aliphatic carbocycles. The van der Waals surface area contributed by atoms with Crippen molar-refractivity contribution in [3.05, 3.63) is 30.1 Å². The fourth-order valence-electron chi connectivity index (χ4n) is 0.552. The topological polar surface area (TPSA) is 12.9 Å². The molecule has 54 valence electrons. The minimum absolute atomic E-state index is 0.731. The van der Waals surface area contributed by atoms with Gasteiger partial charge in [0, 0.05) is 18.0 Å². The van der Waals surface area contributed by atoms with Crippen LogP contribution < -0.4 is 0 Å². The lowest BCUT2D eigenvalue weighted by Gasteiger charge is -2.10. The lowest BCUT2D eigenvalue weighted by molar-refractivity contribution is 1.21. The summed E-state index contributed by atoms with van der Waals surface area (Å²) in [4.78, 5) is 3.81. The van der Waals surface area contributed by atoms with Crippen LogP contribution in [0.15, 0.2) is 24.5 Å². The first-order chi connectivity index (χ1) is 4.61. The molecule has 1 heterocycles. The van der Waals surface area contributed by atoms with E-state index in [1.807, 2.05) is 0 Å². The van der Waals surface area contributed by atoms with Crippen LogP contribution in [0.1, 0.15) is 5.56 Å². The van der Waals surface area contributed by atoms with Crippen LogP contribution in [0.5, 0.6) is 0 Å². The van der Waals surface area contributed by atoms with Crippen LogP contribution in [-0.2, 0) is 3.67 Å². The Bertz CT molecular complexity index is 207. The van der Waals surface area contributed by atoms with Crippen LogP contribution in [0.3, 0.4) is 0 Å². The van der Waals surface area contributed by atoms with Gasteiger partial charge in [-0.15, -0.1) is 12.6 Å². The summed E-state index contributed by atoms with van der Waals surface area (Å²) in [5.41, 5.74) is 0.731. The first-order valence-electron chi connectivity index (χ1n) is 2.61. The fourth-order valence-corrected chi connectivity index (χ4v) is 0.953. The minimum Gasteiger partial charge on any atom is -0.265 e. The average Bonchev–Trinajstić information content (AvgIpc) is 1.88. The Labute approximate surface area is 74.8 Å². The van der Waals surface area contributed by atoms with Crippen molar-refractivity contribution in [1.29, 1.82) is 0 Å². The third-order valence-corrected chi connectivity index (χ3v) is 1.72. The van der Waals surface area contributed by atoms with Crippen LogP contribution in [-0.4, -0.2) is 4.98 Å². The number of aromatic nitrogens is 1. The van der Waals surface area contributed by atoms with Gasteiger partial charge in [0.1, 0.15) is 0 Å². The molecule has 4 heteroatoms. The van der Waals surface area contributed by atoms with E-state index in [9.17, 15) is 0 Å². The summed E-state index contributed by atoms with van der Waals surface area (Å²) in [6.07, 6.45) is 3.23. The van der Waals surface area contributed by atoms with Gasteiger partial charge in [-0.3, -0.25) is 4.98 Å². The number of rotatable bonds is 1. The van der Waals surface area contributed by atoms with Gasteiger partial charge in [0.2, 0.25) is 0 Å². The zero-order chi connectivity index (χ0) is 7.61. The van der Waals surface area contributed by atoms with Crippen LogP contribution >= 0.6 is 35.8 Å². The molecule has 0 unspecified atom stereocenters. The van der Waals surface area contributed by atoms with Crippen LogP contribution in [0.25, 0.3) is 0 Å². The Hall–Kier alpha value is 0.0800. The van der Waals surface area contributed by atoms with E-state index >= 15 is 0 Å². The maximum Gasteiger partial charge on any atom is 0.185 e. The second-order valence-corrected chi connectivity index (χ2v) is 4.30. The quantitative estimate of drug-likeness (QED) is 0.535. The van der Waals surface area contributed by atoms with Crippen molar-refractivity contribution < 1.29 is 0 Å². The van der Waals surface area contributed by atoms with Crippen molar-refractivity contribution >= 4 is 35.8 Å². The third kappa shape index (κ3) is 2.04. The molecular formula is C6H5Cl2NS. The molecule has 0 atom stereocenters. The Kier molecular flexibility index (Phi) is 2.45. The number of halogens is 2. The monoisotopic (exact) mass is 193 g/mol. The number of thiol groups is 1. The molecule has 10 heavy (non-hydrogen) atoms. The highest BCUT2D eigenvalue weighted by atomic mass is 35.5. The van der Waals surface area contributed by atoms with Gasteiger partial charge in [-0.1, -0.05) is 23.2 Å². The average molecular weight is 194 g/mol. The van der Waals surface area contributed by atoms with Gasteiger partial charge in [0.25, 0.3) is 0 Å². The lowest BCUT2D eigenvalue weighted by atomic mass is 10.3. The lowest BCUT2D eigenvalue weighted by Crippen LogP contribution is -1.98. The van der Waals surface area contributed by atoms with Gasteiger partial charge < -0.3 is 0 Å². The summed E-state index contributed by atoms with van der Waals surface area (Å²) in [5, 5.41) is 0. The molecule has 1 aromatic rings. The molecule has 0 aliphatic rings. The van der Waals surface area contributed by atoms with E-state index in [1.54, 1.807) is 24.5 Å². The molecule has 0 fully saturated rings. The Morgan fingerprint density at radius 3 is 2.10 bits per heavy atom. The highest BCUT2D eigenvalue weighted by Crippen LogP contribution is 2.36. The second-order valence-electron chi connectivity index (χ2n) is 1.78. The van der Waals surface area contributed by atoms with Crippen molar-refractivity contribution in [2.45, 2.75) is 3.67 Å². The highest BCUT2D eigenvalue weighted by molar-refractivity contribution is 7.84. The van der Waals surface area contributed by atoms with Crippen molar-refractivity contribution in [1.82, 2.24) is 4.98 Å². The van der Waals surface area contributed by atoms with Crippen LogP contribution in [0.2, 0.25) is 0 Å². The maximum atomic E-state index is 5.66. The van der Waals surface area contributed by atoms with Gasteiger partial charge in [0.05, 0.1) is 0 Å². The van der Waals surface area contributed by atoms with E-state index < -0.39 is 3.67 Å². The maximum absolute atomic E-state index is 5.66. The number of nitrogens with zero attached hydrogens (tertiary/aromatic N) is 1. The minimum atomic E-state index is -1.11. The zero-order valence-corrected chi connectivity index (χ0v) is 7.37. The Morgan fingerprint density at radius 1 is 1.30 bits per heavy atom. The van der Waals surface area contributed by atoms with Crippen molar-refractivity contribution in [2.75, 3.05) is 0 Å². The zero-order valence-electron chi connectivity index (χ0n) is 4.96. The molecule has 0 bridgehead atoms. The predicted octanol–water partition coefficient (Wildman–Crippen LogP) is 2.60. The van der Waals surface area contributed by atoms with Crippen LogP contribution in [0.4, 0.5) is 0 Å². The van der Waals surface area contributed by atoms with Crippen molar-refractivity contribution in [3.63, 3.8) is 0 Å². The second kappa shape index (κ2) is 2.99. The van der Waals surface area contributed by atoms with E-state index in [-0.39, 0.29) is 0 Å². The fraction of sp³-hybridized carbons (Fsp3) is 0.167. The smallest absolute Gasteiger partial charge is 0.185 e. The van der Waals surface area contributed by atoms with Gasteiger partial charge in [-0.2, -0.15) is 0 Å².